The van der Waals surface area contributed by atoms with E-state index in [0.29, 0.717) is 0 Å². The summed E-state index contributed by atoms with van der Waals surface area (Å²) in [5.41, 5.74) is -0.178. The molecule has 0 saturated heterocycles. The summed E-state index contributed by atoms with van der Waals surface area (Å²) in [6.07, 6.45) is 2.84. The first-order valence-corrected chi connectivity index (χ1v) is 6.87. The summed E-state index contributed by atoms with van der Waals surface area (Å²) in [6.45, 7) is 0. The molecule has 0 amide bonds. The minimum absolute atomic E-state index is 0.0193. The van der Waals surface area contributed by atoms with Gasteiger partial charge in [0.1, 0.15) is 0 Å². The van der Waals surface area contributed by atoms with E-state index in [9.17, 15) is 18.5 Å². The number of benzene rings is 1. The van der Waals surface area contributed by atoms with Gasteiger partial charge in [0.25, 0.3) is 15.7 Å². The first-order chi connectivity index (χ1) is 9.43. The van der Waals surface area contributed by atoms with Crippen molar-refractivity contribution in [3.63, 3.8) is 0 Å². The van der Waals surface area contributed by atoms with Crippen LogP contribution in [0.5, 0.6) is 0 Å². The van der Waals surface area contributed by atoms with Crippen LogP contribution in [0.2, 0.25) is 0 Å². The number of anilines is 1. The van der Waals surface area contributed by atoms with Gasteiger partial charge in [0.2, 0.25) is 5.95 Å². The number of nitro groups is 1. The van der Waals surface area contributed by atoms with Gasteiger partial charge in [-0.3, -0.25) is 10.1 Å². The number of hydrogen-bond donors (Lipinski definition) is 0. The molecule has 0 aliphatic rings. The topological polar surface area (TPSA) is 106 Å². The van der Waals surface area contributed by atoms with Gasteiger partial charge in [-0.25, -0.2) is 22.7 Å². The maximum absolute atomic E-state index is 12.3. The number of hydrogen-bond acceptors (Lipinski definition) is 6. The van der Waals surface area contributed by atoms with Crippen molar-refractivity contribution in [1.82, 2.24) is 9.97 Å². The Labute approximate surface area is 114 Å². The van der Waals surface area contributed by atoms with Crippen molar-refractivity contribution in [3.05, 3.63) is 52.8 Å². The lowest BCUT2D eigenvalue weighted by molar-refractivity contribution is -0.384. The Balaban J connectivity index is 2.37. The van der Waals surface area contributed by atoms with Crippen LogP contribution in [0.4, 0.5) is 11.6 Å². The number of rotatable bonds is 4. The monoisotopic (exact) mass is 294 g/mol. The highest BCUT2D eigenvalue weighted by atomic mass is 32.2. The van der Waals surface area contributed by atoms with Gasteiger partial charge < -0.3 is 0 Å². The summed E-state index contributed by atoms with van der Waals surface area (Å²) in [4.78, 5) is 17.6. The highest BCUT2D eigenvalue weighted by molar-refractivity contribution is 7.92. The van der Waals surface area contributed by atoms with Crippen LogP contribution in [0.1, 0.15) is 0 Å². The van der Waals surface area contributed by atoms with Crippen molar-refractivity contribution < 1.29 is 13.3 Å². The van der Waals surface area contributed by atoms with E-state index < -0.39 is 14.9 Å². The molecular formula is C11H10N4O4S. The average molecular weight is 294 g/mol. The van der Waals surface area contributed by atoms with Crippen molar-refractivity contribution >= 4 is 21.7 Å². The van der Waals surface area contributed by atoms with Crippen LogP contribution >= 0.6 is 0 Å². The van der Waals surface area contributed by atoms with Crippen molar-refractivity contribution in [2.24, 2.45) is 0 Å². The van der Waals surface area contributed by atoms with Gasteiger partial charge in [-0.2, -0.15) is 0 Å². The van der Waals surface area contributed by atoms with E-state index in [2.05, 4.69) is 9.97 Å². The second kappa shape index (κ2) is 5.21. The summed E-state index contributed by atoms with van der Waals surface area (Å²) in [6, 6.07) is 6.18. The Kier molecular flexibility index (Phi) is 3.61. The number of aromatic nitrogens is 2. The van der Waals surface area contributed by atoms with Crippen molar-refractivity contribution in [1.29, 1.82) is 0 Å². The minimum atomic E-state index is -3.85. The molecule has 0 spiro atoms. The lowest BCUT2D eigenvalue weighted by Gasteiger charge is -2.16. The summed E-state index contributed by atoms with van der Waals surface area (Å²) in [5, 5.41) is 10.5. The van der Waals surface area contributed by atoms with Crippen LogP contribution in [0, 0.1) is 10.1 Å². The summed E-state index contributed by atoms with van der Waals surface area (Å²) in [7, 11) is -2.54. The molecular weight excluding hydrogens is 284 g/mol. The zero-order chi connectivity index (χ0) is 14.8. The molecule has 0 unspecified atom stereocenters. The van der Waals surface area contributed by atoms with Crippen LogP contribution in [0.3, 0.4) is 0 Å². The first kappa shape index (κ1) is 13.9. The maximum Gasteiger partial charge on any atom is 0.269 e. The summed E-state index contributed by atoms with van der Waals surface area (Å²) < 4.78 is 25.5. The maximum atomic E-state index is 12.3. The zero-order valence-corrected chi connectivity index (χ0v) is 11.2. The Morgan fingerprint density at radius 1 is 1.15 bits per heavy atom. The molecule has 0 fully saturated rings. The highest BCUT2D eigenvalue weighted by Crippen LogP contribution is 2.20. The fraction of sp³-hybridized carbons (Fsp3) is 0.0909. The molecule has 0 saturated carbocycles. The third-order valence-electron chi connectivity index (χ3n) is 2.54. The molecule has 1 aromatic carbocycles. The van der Waals surface area contributed by atoms with Crippen molar-refractivity contribution in [3.8, 4) is 0 Å². The van der Waals surface area contributed by atoms with E-state index in [1.54, 1.807) is 6.07 Å². The van der Waals surface area contributed by atoms with E-state index in [0.717, 1.165) is 16.4 Å². The van der Waals surface area contributed by atoms with E-state index in [1.165, 1.54) is 31.6 Å². The smallest absolute Gasteiger partial charge is 0.258 e. The Morgan fingerprint density at radius 2 is 1.70 bits per heavy atom. The minimum Gasteiger partial charge on any atom is -0.258 e. The predicted octanol–water partition coefficient (Wildman–Crippen LogP) is 1.21. The number of nitro benzene ring substituents is 1. The van der Waals surface area contributed by atoms with Crippen LogP contribution in [0.15, 0.2) is 47.6 Å². The van der Waals surface area contributed by atoms with Gasteiger partial charge in [-0.15, -0.1) is 0 Å². The molecule has 9 heteroatoms. The number of sulfonamides is 1. The lowest BCUT2D eigenvalue weighted by Crippen LogP contribution is -2.28. The second-order valence-corrected chi connectivity index (χ2v) is 5.74. The van der Waals surface area contributed by atoms with Crippen LogP contribution < -0.4 is 4.31 Å². The molecule has 1 aromatic heterocycles. The standard InChI is InChI=1S/C11H10N4O4S/c1-14(11-12-7-2-8-13-11)20(18,19)10-5-3-9(4-6-10)15(16)17/h2-8H,1H3. The van der Waals surface area contributed by atoms with Gasteiger partial charge in [-0.1, -0.05) is 0 Å². The average Bonchev–Trinajstić information content (AvgIpc) is 2.47. The summed E-state index contributed by atoms with van der Waals surface area (Å²) in [5.74, 6) is 0.0193. The van der Waals surface area contributed by atoms with Gasteiger partial charge in [0.15, 0.2) is 0 Å². The molecule has 0 aliphatic heterocycles. The third-order valence-corrected chi connectivity index (χ3v) is 4.29. The molecule has 0 aliphatic carbocycles. The van der Waals surface area contributed by atoms with E-state index >= 15 is 0 Å². The SMILES string of the molecule is CN(c1ncccn1)S(=O)(=O)c1ccc([N+](=O)[O-])cc1. The zero-order valence-electron chi connectivity index (χ0n) is 10.4. The summed E-state index contributed by atoms with van der Waals surface area (Å²) >= 11 is 0. The van der Waals surface area contributed by atoms with Crippen LogP contribution in [-0.4, -0.2) is 30.4 Å². The quantitative estimate of drug-likeness (QED) is 0.619. The molecule has 0 atom stereocenters. The third kappa shape index (κ3) is 2.57. The molecule has 0 bridgehead atoms. The largest absolute Gasteiger partial charge is 0.269 e. The highest BCUT2D eigenvalue weighted by Gasteiger charge is 2.23. The fourth-order valence-electron chi connectivity index (χ4n) is 1.46. The normalized spacial score (nSPS) is 11.1. The Morgan fingerprint density at radius 3 is 2.20 bits per heavy atom. The number of nitrogens with zero attached hydrogens (tertiary/aromatic N) is 4. The van der Waals surface area contributed by atoms with E-state index in [1.807, 2.05) is 0 Å². The van der Waals surface area contributed by atoms with Gasteiger partial charge >= 0.3 is 0 Å². The molecule has 20 heavy (non-hydrogen) atoms. The fourth-order valence-corrected chi connectivity index (χ4v) is 2.56. The van der Waals surface area contributed by atoms with Gasteiger partial charge in [-0.05, 0) is 18.2 Å². The van der Waals surface area contributed by atoms with Crippen LogP contribution in [0.25, 0.3) is 0 Å². The Bertz CT molecular complexity index is 716. The van der Waals surface area contributed by atoms with Crippen molar-refractivity contribution in [2.45, 2.75) is 4.90 Å². The molecule has 8 nitrogen and oxygen atoms in total. The predicted molar refractivity (Wildman–Crippen MR) is 70.7 cm³/mol. The van der Waals surface area contributed by atoms with Crippen LogP contribution in [-0.2, 0) is 10.0 Å². The second-order valence-electron chi connectivity index (χ2n) is 3.77. The van der Waals surface area contributed by atoms with E-state index in [-0.39, 0.29) is 16.5 Å². The first-order valence-electron chi connectivity index (χ1n) is 5.43. The van der Waals surface area contributed by atoms with Gasteiger partial charge in [0, 0.05) is 31.6 Å². The number of non-ortho nitro benzene ring substituents is 1. The lowest BCUT2D eigenvalue weighted by atomic mass is 10.3. The van der Waals surface area contributed by atoms with Crippen molar-refractivity contribution in [2.75, 3.05) is 11.4 Å². The van der Waals surface area contributed by atoms with Gasteiger partial charge in [0.05, 0.1) is 9.82 Å². The molecule has 2 aromatic rings. The molecule has 0 N–H and O–H groups in total. The molecule has 0 radical (unpaired) electrons. The van der Waals surface area contributed by atoms with E-state index in [4.69, 9.17) is 0 Å². The molecule has 104 valence electrons. The molecule has 2 rings (SSSR count). The molecule has 1 heterocycles. The Hall–Kier alpha value is -2.55.